The minimum atomic E-state index is 0.176. The number of fused-ring (bicyclic) bond motifs is 2. The van der Waals surface area contributed by atoms with Crippen LogP contribution in [0.4, 0.5) is 0 Å². The van der Waals surface area contributed by atoms with Crippen LogP contribution in [0.1, 0.15) is 0 Å². The molecule has 0 atom stereocenters. The second kappa shape index (κ2) is 8.54. The summed E-state index contributed by atoms with van der Waals surface area (Å²) in [6, 6.07) is 34.0. The standard InChI is InChI=1S/C28H21BrO2/c1-30-18-31-28-25(29)17-21-12-6-8-14-23(21)27(28)26-22-13-7-5-11-20(22)15-16-24(26)19-9-3-2-4-10-19/h2-17H,18H2,1H3. The van der Waals surface area contributed by atoms with Crippen LogP contribution in [0.2, 0.25) is 0 Å². The van der Waals surface area contributed by atoms with Gasteiger partial charge in [0.05, 0.1) is 4.47 Å². The molecule has 5 aromatic carbocycles. The van der Waals surface area contributed by atoms with Gasteiger partial charge in [0, 0.05) is 18.2 Å². The van der Waals surface area contributed by atoms with Crippen LogP contribution in [-0.2, 0) is 4.74 Å². The molecule has 0 N–H and O–H groups in total. The molecule has 0 heterocycles. The highest BCUT2D eigenvalue weighted by molar-refractivity contribution is 9.10. The van der Waals surface area contributed by atoms with E-state index in [-0.39, 0.29) is 6.79 Å². The summed E-state index contributed by atoms with van der Waals surface area (Å²) in [4.78, 5) is 0. The van der Waals surface area contributed by atoms with Crippen molar-refractivity contribution >= 4 is 37.5 Å². The van der Waals surface area contributed by atoms with Crippen molar-refractivity contribution in [3.63, 3.8) is 0 Å². The normalized spacial score (nSPS) is 11.2. The van der Waals surface area contributed by atoms with Crippen molar-refractivity contribution in [3.8, 4) is 28.0 Å². The van der Waals surface area contributed by atoms with E-state index in [0.29, 0.717) is 0 Å². The molecule has 31 heavy (non-hydrogen) atoms. The fourth-order valence-electron chi connectivity index (χ4n) is 4.20. The first-order valence-electron chi connectivity index (χ1n) is 10.2. The predicted molar refractivity (Wildman–Crippen MR) is 133 cm³/mol. The Labute approximate surface area is 190 Å². The molecule has 5 rings (SSSR count). The summed E-state index contributed by atoms with van der Waals surface area (Å²) < 4.78 is 12.3. The Hall–Kier alpha value is -3.14. The summed E-state index contributed by atoms with van der Waals surface area (Å²) in [5.74, 6) is 0.786. The summed E-state index contributed by atoms with van der Waals surface area (Å²) in [5, 5.41) is 4.68. The van der Waals surface area contributed by atoms with Crippen LogP contribution >= 0.6 is 15.9 Å². The molecule has 0 spiro atoms. The Morgan fingerprint density at radius 1 is 0.677 bits per heavy atom. The van der Waals surface area contributed by atoms with Gasteiger partial charge in [-0.05, 0) is 54.7 Å². The first-order chi connectivity index (χ1) is 15.3. The lowest BCUT2D eigenvalue weighted by Gasteiger charge is -2.20. The van der Waals surface area contributed by atoms with Crippen LogP contribution < -0.4 is 4.74 Å². The van der Waals surface area contributed by atoms with E-state index in [9.17, 15) is 0 Å². The van der Waals surface area contributed by atoms with Crippen LogP contribution in [0.3, 0.4) is 0 Å². The Morgan fingerprint density at radius 3 is 2.06 bits per heavy atom. The van der Waals surface area contributed by atoms with Crippen LogP contribution in [0.25, 0.3) is 43.8 Å². The summed E-state index contributed by atoms with van der Waals surface area (Å²) in [5.41, 5.74) is 4.57. The third-order valence-corrected chi connectivity index (χ3v) is 6.13. The van der Waals surface area contributed by atoms with Gasteiger partial charge >= 0.3 is 0 Å². The quantitative estimate of drug-likeness (QED) is 0.242. The summed E-state index contributed by atoms with van der Waals surface area (Å²) in [6.07, 6.45) is 0. The SMILES string of the molecule is COCOc1c(Br)cc2ccccc2c1-c1c(-c2ccccc2)ccc2ccccc12. The molecule has 0 unspecified atom stereocenters. The summed E-state index contributed by atoms with van der Waals surface area (Å²) in [7, 11) is 1.64. The molecular formula is C28H21BrO2. The zero-order chi connectivity index (χ0) is 21.2. The molecule has 0 bridgehead atoms. The van der Waals surface area contributed by atoms with Crippen molar-refractivity contribution in [2.45, 2.75) is 0 Å². The Morgan fingerprint density at radius 2 is 1.32 bits per heavy atom. The second-order valence-electron chi connectivity index (χ2n) is 7.41. The van der Waals surface area contributed by atoms with Crippen molar-refractivity contribution in [1.82, 2.24) is 0 Å². The highest BCUT2D eigenvalue weighted by Crippen LogP contribution is 2.48. The number of rotatable bonds is 5. The van der Waals surface area contributed by atoms with Gasteiger partial charge in [-0.1, -0.05) is 91.0 Å². The first kappa shape index (κ1) is 19.8. The van der Waals surface area contributed by atoms with E-state index >= 15 is 0 Å². The molecule has 0 saturated carbocycles. The number of ether oxygens (including phenoxy) is 2. The van der Waals surface area contributed by atoms with Crippen molar-refractivity contribution in [3.05, 3.63) is 102 Å². The molecule has 0 aliphatic rings. The average molecular weight is 469 g/mol. The molecule has 2 nitrogen and oxygen atoms in total. The highest BCUT2D eigenvalue weighted by atomic mass is 79.9. The topological polar surface area (TPSA) is 18.5 Å². The maximum Gasteiger partial charge on any atom is 0.188 e. The molecule has 0 fully saturated rings. The number of benzene rings is 5. The van der Waals surface area contributed by atoms with Gasteiger partial charge in [-0.2, -0.15) is 0 Å². The van der Waals surface area contributed by atoms with Crippen molar-refractivity contribution in [2.24, 2.45) is 0 Å². The van der Waals surface area contributed by atoms with Gasteiger partial charge in [0.2, 0.25) is 0 Å². The summed E-state index contributed by atoms with van der Waals surface area (Å²) in [6.45, 7) is 0.176. The largest absolute Gasteiger partial charge is 0.466 e. The van der Waals surface area contributed by atoms with Crippen LogP contribution in [0.5, 0.6) is 5.75 Å². The van der Waals surface area contributed by atoms with E-state index < -0.39 is 0 Å². The molecule has 5 aromatic rings. The van der Waals surface area contributed by atoms with Gasteiger partial charge in [-0.15, -0.1) is 0 Å². The maximum atomic E-state index is 6.15. The van der Waals surface area contributed by atoms with Gasteiger partial charge in [0.15, 0.2) is 6.79 Å². The molecule has 0 saturated heterocycles. The van der Waals surface area contributed by atoms with E-state index in [2.05, 4.69) is 107 Å². The van der Waals surface area contributed by atoms with E-state index in [4.69, 9.17) is 9.47 Å². The van der Waals surface area contributed by atoms with Gasteiger partial charge in [0.25, 0.3) is 0 Å². The lowest BCUT2D eigenvalue weighted by molar-refractivity contribution is 0.0511. The smallest absolute Gasteiger partial charge is 0.188 e. The Bertz CT molecular complexity index is 1380. The number of methoxy groups -OCH3 is 1. The number of hydrogen-bond donors (Lipinski definition) is 0. The van der Waals surface area contributed by atoms with E-state index in [1.165, 1.54) is 21.9 Å². The average Bonchev–Trinajstić information content (AvgIpc) is 2.82. The molecule has 0 aromatic heterocycles. The van der Waals surface area contributed by atoms with Crippen molar-refractivity contribution < 1.29 is 9.47 Å². The zero-order valence-corrected chi connectivity index (χ0v) is 18.7. The van der Waals surface area contributed by atoms with E-state index in [0.717, 1.165) is 32.1 Å². The number of halogens is 1. The fourth-order valence-corrected chi connectivity index (χ4v) is 4.76. The first-order valence-corrected chi connectivity index (χ1v) is 11.0. The highest BCUT2D eigenvalue weighted by Gasteiger charge is 2.21. The lowest BCUT2D eigenvalue weighted by atomic mass is 9.87. The molecule has 3 heteroatoms. The molecule has 152 valence electrons. The molecule has 0 radical (unpaired) electrons. The number of hydrogen-bond acceptors (Lipinski definition) is 2. The maximum absolute atomic E-state index is 6.15. The Kier molecular flexibility index (Phi) is 5.46. The van der Waals surface area contributed by atoms with Crippen molar-refractivity contribution in [2.75, 3.05) is 13.9 Å². The van der Waals surface area contributed by atoms with Gasteiger partial charge in [0.1, 0.15) is 5.75 Å². The minimum Gasteiger partial charge on any atom is -0.466 e. The monoisotopic (exact) mass is 468 g/mol. The van der Waals surface area contributed by atoms with Gasteiger partial charge < -0.3 is 9.47 Å². The fraction of sp³-hybridized carbons (Fsp3) is 0.0714. The van der Waals surface area contributed by atoms with Crippen LogP contribution in [0, 0.1) is 0 Å². The van der Waals surface area contributed by atoms with Crippen molar-refractivity contribution in [1.29, 1.82) is 0 Å². The minimum absolute atomic E-state index is 0.176. The predicted octanol–water partition coefficient (Wildman–Crippen LogP) is 8.07. The van der Waals surface area contributed by atoms with Crippen LogP contribution in [0.15, 0.2) is 102 Å². The van der Waals surface area contributed by atoms with Crippen LogP contribution in [-0.4, -0.2) is 13.9 Å². The summed E-state index contributed by atoms with van der Waals surface area (Å²) >= 11 is 3.76. The van der Waals surface area contributed by atoms with Gasteiger partial charge in [-0.25, -0.2) is 0 Å². The molecule has 0 amide bonds. The van der Waals surface area contributed by atoms with E-state index in [1.807, 2.05) is 6.07 Å². The molecule has 0 aliphatic carbocycles. The third-order valence-electron chi connectivity index (χ3n) is 5.54. The van der Waals surface area contributed by atoms with Gasteiger partial charge in [-0.3, -0.25) is 0 Å². The molecule has 0 aliphatic heterocycles. The molecular weight excluding hydrogens is 448 g/mol. The Balaban J connectivity index is 1.96. The lowest BCUT2D eigenvalue weighted by Crippen LogP contribution is -2.02. The van der Waals surface area contributed by atoms with E-state index in [1.54, 1.807) is 7.11 Å². The second-order valence-corrected chi connectivity index (χ2v) is 8.26. The zero-order valence-electron chi connectivity index (χ0n) is 17.1. The third kappa shape index (κ3) is 3.60.